The molecule has 3 heterocycles. The van der Waals surface area contributed by atoms with Gasteiger partial charge in [0.2, 0.25) is 5.43 Å². The van der Waals surface area contributed by atoms with E-state index in [1.54, 1.807) is 11.5 Å². The number of rotatable bonds is 4. The Bertz CT molecular complexity index is 829. The van der Waals surface area contributed by atoms with E-state index in [9.17, 15) is 19.6 Å². The zero-order valence-corrected chi connectivity index (χ0v) is 13.1. The van der Waals surface area contributed by atoms with Crippen molar-refractivity contribution >= 4 is 29.6 Å². The lowest BCUT2D eigenvalue weighted by molar-refractivity contribution is 0.0524. The Kier molecular flexibility index (Phi) is 4.65. The third-order valence-corrected chi connectivity index (χ3v) is 3.98. The number of esters is 1. The van der Waals surface area contributed by atoms with Crippen LogP contribution in [0.1, 0.15) is 29.7 Å². The van der Waals surface area contributed by atoms with E-state index in [0.29, 0.717) is 18.9 Å². The van der Waals surface area contributed by atoms with Gasteiger partial charge in [0.1, 0.15) is 11.2 Å². The van der Waals surface area contributed by atoms with E-state index in [-0.39, 0.29) is 29.1 Å². The third kappa shape index (κ3) is 2.93. The summed E-state index contributed by atoms with van der Waals surface area (Å²) in [5, 5.41) is 18.8. The highest BCUT2D eigenvalue weighted by Gasteiger charge is 2.25. The van der Waals surface area contributed by atoms with Gasteiger partial charge in [-0.05, 0) is 19.4 Å². The van der Waals surface area contributed by atoms with E-state index in [4.69, 9.17) is 9.47 Å². The predicted octanol–water partition coefficient (Wildman–Crippen LogP) is -0.786. The molecule has 0 aliphatic carbocycles. The monoisotopic (exact) mass is 332 g/mol. The number of carbonyl (C=O) groups is 1. The highest BCUT2D eigenvalue weighted by atomic mass is 16.5. The molecule has 126 valence electrons. The summed E-state index contributed by atoms with van der Waals surface area (Å²) in [5.74, 6) is -0.716. The van der Waals surface area contributed by atoms with Crippen molar-refractivity contribution in [3.63, 3.8) is 0 Å². The first-order valence-electron chi connectivity index (χ1n) is 7.68. The van der Waals surface area contributed by atoms with Crippen molar-refractivity contribution in [3.8, 4) is 0 Å². The Morgan fingerprint density at radius 1 is 1.54 bits per heavy atom. The molecule has 1 unspecified atom stereocenters. The molecule has 2 aromatic rings. The SMILES string of the molecule is CCOC(=O)c1cn(C2CCOC2)c2ncc(B(O)O)cc2c1=O. The lowest BCUT2D eigenvalue weighted by atomic mass is 9.81. The Morgan fingerprint density at radius 2 is 2.33 bits per heavy atom. The van der Waals surface area contributed by atoms with E-state index >= 15 is 0 Å². The van der Waals surface area contributed by atoms with E-state index in [1.165, 1.54) is 18.5 Å². The summed E-state index contributed by atoms with van der Waals surface area (Å²) in [6.45, 7) is 2.84. The fraction of sp³-hybridized carbons (Fsp3) is 0.400. The number of aromatic nitrogens is 2. The lowest BCUT2D eigenvalue weighted by Gasteiger charge is -2.17. The molecule has 3 rings (SSSR count). The maximum absolute atomic E-state index is 12.6. The quantitative estimate of drug-likeness (QED) is 0.558. The molecule has 2 N–H and O–H groups in total. The Labute approximate surface area is 137 Å². The molecule has 0 saturated carbocycles. The minimum Gasteiger partial charge on any atom is -0.462 e. The smallest absolute Gasteiger partial charge is 0.462 e. The van der Waals surface area contributed by atoms with Crippen molar-refractivity contribution in [2.45, 2.75) is 19.4 Å². The maximum Gasteiger partial charge on any atom is 0.490 e. The molecule has 0 aromatic carbocycles. The number of carbonyl (C=O) groups excluding carboxylic acids is 1. The van der Waals surface area contributed by atoms with Crippen LogP contribution in [0.2, 0.25) is 0 Å². The number of hydrogen-bond donors (Lipinski definition) is 2. The minimum absolute atomic E-state index is 0.0568. The normalized spacial score (nSPS) is 17.2. The summed E-state index contributed by atoms with van der Waals surface area (Å²) in [7, 11) is -1.75. The predicted molar refractivity (Wildman–Crippen MR) is 86.3 cm³/mol. The van der Waals surface area contributed by atoms with E-state index in [2.05, 4.69) is 4.98 Å². The maximum atomic E-state index is 12.6. The van der Waals surface area contributed by atoms with Crippen LogP contribution in [0.15, 0.2) is 23.3 Å². The number of pyridine rings is 2. The first kappa shape index (κ1) is 16.6. The highest BCUT2D eigenvalue weighted by molar-refractivity contribution is 6.58. The van der Waals surface area contributed by atoms with Gasteiger partial charge in [-0.25, -0.2) is 9.78 Å². The van der Waals surface area contributed by atoms with Gasteiger partial charge in [0, 0.05) is 24.5 Å². The van der Waals surface area contributed by atoms with Gasteiger partial charge in [0.05, 0.1) is 24.6 Å². The van der Waals surface area contributed by atoms with Crippen molar-refractivity contribution in [2.24, 2.45) is 0 Å². The highest BCUT2D eigenvalue weighted by Crippen LogP contribution is 2.22. The molecule has 1 saturated heterocycles. The first-order chi connectivity index (χ1) is 11.5. The van der Waals surface area contributed by atoms with E-state index < -0.39 is 18.5 Å². The largest absolute Gasteiger partial charge is 0.490 e. The second kappa shape index (κ2) is 6.72. The summed E-state index contributed by atoms with van der Waals surface area (Å²) < 4.78 is 12.1. The molecular formula is C15H17BN2O6. The molecule has 1 aliphatic rings. The summed E-state index contributed by atoms with van der Waals surface area (Å²) >= 11 is 0. The van der Waals surface area contributed by atoms with Gasteiger partial charge in [-0.1, -0.05) is 0 Å². The fourth-order valence-electron chi connectivity index (χ4n) is 2.77. The minimum atomic E-state index is -1.75. The van der Waals surface area contributed by atoms with Crippen LogP contribution >= 0.6 is 0 Å². The summed E-state index contributed by atoms with van der Waals surface area (Å²) in [5.41, 5.74) is -0.209. The number of hydrogen-bond acceptors (Lipinski definition) is 7. The molecule has 0 bridgehead atoms. The number of ether oxygens (including phenoxy) is 2. The van der Waals surface area contributed by atoms with Crippen molar-refractivity contribution in [1.29, 1.82) is 0 Å². The summed E-state index contributed by atoms with van der Waals surface area (Å²) in [4.78, 5) is 28.9. The van der Waals surface area contributed by atoms with E-state index in [0.717, 1.165) is 6.42 Å². The Morgan fingerprint density at radius 3 is 2.96 bits per heavy atom. The third-order valence-electron chi connectivity index (χ3n) is 3.98. The van der Waals surface area contributed by atoms with Crippen molar-refractivity contribution in [1.82, 2.24) is 9.55 Å². The Balaban J connectivity index is 2.26. The molecule has 0 amide bonds. The Hall–Kier alpha value is -2.23. The molecular weight excluding hydrogens is 315 g/mol. The van der Waals surface area contributed by atoms with Crippen molar-refractivity contribution in [3.05, 3.63) is 34.2 Å². The first-order valence-corrected chi connectivity index (χ1v) is 7.68. The summed E-state index contributed by atoms with van der Waals surface area (Å²) in [6, 6.07) is 1.28. The average Bonchev–Trinajstić information content (AvgIpc) is 3.09. The van der Waals surface area contributed by atoms with Gasteiger partial charge in [-0.2, -0.15) is 0 Å². The van der Waals surface area contributed by atoms with Crippen LogP contribution in [0, 0.1) is 0 Å². The van der Waals surface area contributed by atoms with Crippen LogP contribution < -0.4 is 10.9 Å². The molecule has 2 aromatic heterocycles. The molecule has 24 heavy (non-hydrogen) atoms. The standard InChI is InChI=1S/C15H17BN2O6/c1-2-24-15(20)12-7-18(10-3-4-23-8-10)14-11(13(12)19)5-9(6-17-14)16(21)22/h5-7,10,21-22H,2-4,8H2,1H3. The zero-order valence-electron chi connectivity index (χ0n) is 13.1. The molecule has 1 atom stereocenters. The molecule has 0 spiro atoms. The van der Waals surface area contributed by atoms with Crippen molar-refractivity contribution in [2.75, 3.05) is 19.8 Å². The molecule has 8 nitrogen and oxygen atoms in total. The van der Waals surface area contributed by atoms with Gasteiger partial charge >= 0.3 is 13.1 Å². The second-order valence-corrected chi connectivity index (χ2v) is 5.53. The van der Waals surface area contributed by atoms with Crippen LogP contribution in [0.25, 0.3) is 11.0 Å². The number of nitrogens with zero attached hydrogens (tertiary/aromatic N) is 2. The van der Waals surface area contributed by atoms with Crippen LogP contribution in [0.4, 0.5) is 0 Å². The van der Waals surface area contributed by atoms with Gasteiger partial charge in [-0.3, -0.25) is 4.79 Å². The fourth-order valence-corrected chi connectivity index (χ4v) is 2.77. The molecule has 0 radical (unpaired) electrons. The van der Waals surface area contributed by atoms with Crippen LogP contribution in [0.5, 0.6) is 0 Å². The molecule has 1 fully saturated rings. The average molecular weight is 332 g/mol. The second-order valence-electron chi connectivity index (χ2n) is 5.53. The van der Waals surface area contributed by atoms with Gasteiger partial charge < -0.3 is 24.1 Å². The van der Waals surface area contributed by atoms with E-state index in [1.807, 2.05) is 0 Å². The van der Waals surface area contributed by atoms with Gasteiger partial charge in [-0.15, -0.1) is 0 Å². The van der Waals surface area contributed by atoms with Gasteiger partial charge in [0.15, 0.2) is 0 Å². The molecule has 1 aliphatic heterocycles. The van der Waals surface area contributed by atoms with Crippen molar-refractivity contribution < 1.29 is 24.3 Å². The topological polar surface area (TPSA) is 111 Å². The van der Waals surface area contributed by atoms with Gasteiger partial charge in [0.25, 0.3) is 0 Å². The lowest BCUT2D eigenvalue weighted by Crippen LogP contribution is -2.32. The molecule has 9 heteroatoms. The number of fused-ring (bicyclic) bond motifs is 1. The zero-order chi connectivity index (χ0) is 17.3. The summed E-state index contributed by atoms with van der Waals surface area (Å²) in [6.07, 6.45) is 3.47. The van der Waals surface area contributed by atoms with Crippen LogP contribution in [0.3, 0.4) is 0 Å². The van der Waals surface area contributed by atoms with Crippen LogP contribution in [-0.4, -0.2) is 52.5 Å². The van der Waals surface area contributed by atoms with Crippen LogP contribution in [-0.2, 0) is 9.47 Å².